The molecule has 2 nitrogen and oxygen atoms in total. The third kappa shape index (κ3) is 10.4. The molecule has 184 valence electrons. The quantitative estimate of drug-likeness (QED) is 0.317. The van der Waals surface area contributed by atoms with Crippen LogP contribution in [0.1, 0.15) is 25.7 Å². The van der Waals surface area contributed by atoms with Gasteiger partial charge in [0.2, 0.25) is 0 Å². The van der Waals surface area contributed by atoms with Crippen molar-refractivity contribution >= 4 is 39.1 Å². The Kier molecular flexibility index (Phi) is 11.7. The second-order valence-electron chi connectivity index (χ2n) is 11.5. The molecule has 0 bridgehead atoms. The van der Waals surface area contributed by atoms with Gasteiger partial charge in [0.15, 0.2) is 0 Å². The third-order valence-corrected chi connectivity index (χ3v) is 12.3. The maximum atomic E-state index is 12.4. The zero-order valence-corrected chi connectivity index (χ0v) is 25.2. The van der Waals surface area contributed by atoms with Crippen molar-refractivity contribution in [2.45, 2.75) is 54.0 Å². The molecule has 2 aromatic carbocycles. The molecule has 0 heterocycles. The van der Waals surface area contributed by atoms with Crippen LogP contribution >= 0.6 is 0 Å². The molecule has 1 amide bonds. The normalized spacial score (nSPS) is 15.5. The average Bonchev–Trinajstić information content (AvgIpc) is 3.16. The Balaban J connectivity index is 0.000000386. The van der Waals surface area contributed by atoms with Gasteiger partial charge in [-0.1, -0.05) is 62.8 Å². The van der Waals surface area contributed by atoms with Crippen molar-refractivity contribution in [1.29, 1.82) is 0 Å². The number of amides is 1. The molecule has 1 atom stereocenters. The van der Waals surface area contributed by atoms with Crippen LogP contribution < -0.4 is 3.80 Å². The first-order valence-corrected chi connectivity index (χ1v) is 23.8. The summed E-state index contributed by atoms with van der Waals surface area (Å²) in [6.07, 6.45) is 8.90. The molecular formula is C28H45NOSi3Ti. The minimum Gasteiger partial charge on any atom is -0.0149 e. The smallest absolute Gasteiger partial charge is 0.0149 e. The molecule has 34 heavy (non-hydrogen) atoms. The van der Waals surface area contributed by atoms with Crippen molar-refractivity contribution in [3.8, 4) is 0 Å². The van der Waals surface area contributed by atoms with E-state index in [-0.39, 0.29) is 16.9 Å². The topological polar surface area (TPSA) is 29.1 Å². The van der Waals surface area contributed by atoms with Crippen LogP contribution in [-0.4, -0.2) is 33.0 Å². The largest absolute Gasteiger partial charge is 0.0149 e. The Morgan fingerprint density at radius 1 is 0.824 bits per heavy atom. The van der Waals surface area contributed by atoms with Crippen LogP contribution in [0.4, 0.5) is 0 Å². The average molecular weight is 544 g/mol. The van der Waals surface area contributed by atoms with Crippen molar-refractivity contribution in [2.75, 3.05) is 0 Å². The molecule has 1 N–H and O–H groups in total. The van der Waals surface area contributed by atoms with Crippen LogP contribution in [0.15, 0.2) is 84.2 Å². The van der Waals surface area contributed by atoms with Gasteiger partial charge in [0.05, 0.1) is 16.1 Å². The number of rotatable bonds is 6. The van der Waals surface area contributed by atoms with Gasteiger partial charge >= 0.3 is 129 Å². The Morgan fingerprint density at radius 3 is 1.85 bits per heavy atom. The summed E-state index contributed by atoms with van der Waals surface area (Å²) < 4.78 is 3.74. The van der Waals surface area contributed by atoms with Gasteiger partial charge in [-0.3, -0.25) is 0 Å². The fourth-order valence-electron chi connectivity index (χ4n) is 3.60. The zero-order valence-electron chi connectivity index (χ0n) is 21.6. The van der Waals surface area contributed by atoms with Gasteiger partial charge in [-0.2, -0.15) is 0 Å². The summed E-state index contributed by atoms with van der Waals surface area (Å²) in [4.78, 5) is 12.4. The van der Waals surface area contributed by atoms with Crippen molar-refractivity contribution < 1.29 is 21.6 Å². The first kappa shape index (κ1) is 30.5. The number of hydrogen-bond acceptors (Lipinski definition) is 1. The summed E-state index contributed by atoms with van der Waals surface area (Å²) in [6.45, 7) is 14.1. The molecule has 3 rings (SSSR count). The van der Waals surface area contributed by atoms with Gasteiger partial charge in [0.25, 0.3) is 0 Å². The van der Waals surface area contributed by atoms with Crippen LogP contribution in [0.2, 0.25) is 49.7 Å². The monoisotopic (exact) mass is 543 g/mol. The molecule has 0 aliphatic heterocycles. The molecule has 0 radical (unpaired) electrons. The summed E-state index contributed by atoms with van der Waals surface area (Å²) in [5.74, 6) is 0.0541. The van der Waals surface area contributed by atoms with E-state index < -0.39 is 33.0 Å². The minimum absolute atomic E-state index is 0. The van der Waals surface area contributed by atoms with Crippen LogP contribution in [0, 0.1) is 0 Å². The minimum atomic E-state index is -2.52. The molecule has 2 aromatic rings. The van der Waals surface area contributed by atoms with E-state index in [4.69, 9.17) is 0 Å². The maximum Gasteiger partial charge on any atom is -0.0149 e. The third-order valence-electron chi connectivity index (χ3n) is 5.35. The standard InChI is InChI=1S/C10H22Si2.C9H7.C7H7NO.2CH3.H4Si.Ti/c1-11(2,3)9-7-8-10-12(4,5)6;1-2-5-9-7-3-6-8(9)4-1;8-7(9)6-4-2-1-3-5-6;;;;/h7-10H,1-6H3;1-7H;1-5H,(H2,8,9);2*1H3;1H4;/q;;;;;;+1/p-1. The summed E-state index contributed by atoms with van der Waals surface area (Å²) in [7, 11) is -1.94. The molecule has 0 spiro atoms. The summed E-state index contributed by atoms with van der Waals surface area (Å²) >= 11 is -2.52. The van der Waals surface area contributed by atoms with Crippen LogP contribution in [-0.2, 0) is 16.8 Å². The molecule has 0 aromatic heterocycles. The van der Waals surface area contributed by atoms with E-state index in [0.717, 1.165) is 5.56 Å². The van der Waals surface area contributed by atoms with Gasteiger partial charge < -0.3 is 0 Å². The summed E-state index contributed by atoms with van der Waals surface area (Å²) in [5.41, 5.74) is 8.14. The molecule has 0 fully saturated rings. The van der Waals surface area contributed by atoms with E-state index >= 15 is 0 Å². The second kappa shape index (κ2) is 13.0. The van der Waals surface area contributed by atoms with Crippen LogP contribution in [0.25, 0.3) is 6.08 Å². The van der Waals surface area contributed by atoms with Gasteiger partial charge in [-0.15, -0.1) is 0 Å². The zero-order chi connectivity index (χ0) is 24.7. The maximum absolute atomic E-state index is 12.4. The Bertz CT molecular complexity index is 994. The van der Waals surface area contributed by atoms with Crippen LogP contribution in [0.5, 0.6) is 0 Å². The number of benzene rings is 2. The molecule has 1 unspecified atom stereocenters. The molecule has 1 aliphatic carbocycles. The van der Waals surface area contributed by atoms with E-state index in [0.29, 0.717) is 4.22 Å². The Morgan fingerprint density at radius 2 is 1.32 bits per heavy atom. The Labute approximate surface area is 218 Å². The predicted octanol–water partition coefficient (Wildman–Crippen LogP) is 6.75. The van der Waals surface area contributed by atoms with E-state index in [1.165, 1.54) is 11.1 Å². The fraction of sp³-hybridized carbons (Fsp3) is 0.321. The van der Waals surface area contributed by atoms with Gasteiger partial charge in [-0.05, 0) is 11.0 Å². The Hall–Kier alpha value is -1.51. The van der Waals surface area contributed by atoms with Gasteiger partial charge in [0, 0.05) is 0 Å². The molecule has 6 heteroatoms. The van der Waals surface area contributed by atoms with Crippen molar-refractivity contribution in [1.82, 2.24) is 3.80 Å². The number of nitrogens with one attached hydrogen (secondary N) is 1. The number of allylic oxidation sites excluding steroid dienone is 3. The molecular weight excluding hydrogens is 498 g/mol. The summed E-state index contributed by atoms with van der Waals surface area (Å²) in [6, 6.07) is 17.9. The van der Waals surface area contributed by atoms with Crippen LogP contribution in [0.3, 0.4) is 0 Å². The van der Waals surface area contributed by atoms with Crippen molar-refractivity contribution in [3.05, 3.63) is 101 Å². The summed E-state index contributed by atoms with van der Waals surface area (Å²) in [5, 5.41) is 4.52. The van der Waals surface area contributed by atoms with E-state index in [1.54, 1.807) is 0 Å². The number of carbonyl (C=O) groups is 1. The fourth-order valence-corrected chi connectivity index (χ4v) is 8.88. The van der Waals surface area contributed by atoms with E-state index in [1.807, 2.05) is 30.3 Å². The molecule has 0 saturated heterocycles. The first-order valence-electron chi connectivity index (χ1n) is 11.8. The SMILES string of the molecule is C[Si](C)(C)C=CC=C[Si](C)(C)C.[CH3][Ti]([CH3])([NH]C(=O)c1ccccc1)[CH]1C=Cc2ccccc21.[SiH4]. The van der Waals surface area contributed by atoms with Crippen molar-refractivity contribution in [3.63, 3.8) is 0 Å². The molecule has 0 saturated carbocycles. The number of hydrogen-bond donors (Lipinski definition) is 1. The number of fused-ring (bicyclic) bond motifs is 1. The second-order valence-corrected chi connectivity index (χ2v) is 28.3. The molecule has 1 aliphatic rings. The first-order chi connectivity index (χ1) is 15.3. The van der Waals surface area contributed by atoms with E-state index in [9.17, 15) is 4.79 Å². The number of carbonyl (C=O) groups excluding carboxylic acids is 1. The van der Waals surface area contributed by atoms with Gasteiger partial charge in [-0.25, -0.2) is 0 Å². The van der Waals surface area contributed by atoms with E-state index in [2.05, 4.69) is 114 Å². The van der Waals surface area contributed by atoms with Gasteiger partial charge in [0.1, 0.15) is 0 Å². The predicted molar refractivity (Wildman–Crippen MR) is 160 cm³/mol. The van der Waals surface area contributed by atoms with Crippen molar-refractivity contribution in [2.24, 2.45) is 0 Å².